The Hall–Kier alpha value is -2.19. The topological polar surface area (TPSA) is 84.9 Å². The molecule has 1 aliphatic rings. The highest BCUT2D eigenvalue weighted by atomic mass is 32.2. The van der Waals surface area contributed by atoms with Gasteiger partial charge >= 0.3 is 0 Å². The van der Waals surface area contributed by atoms with Crippen molar-refractivity contribution in [2.24, 2.45) is 5.73 Å². The summed E-state index contributed by atoms with van der Waals surface area (Å²) in [6.45, 7) is 0.635. The number of aliphatic hydroxyl groups excluding tert-OH is 2. The van der Waals surface area contributed by atoms with Crippen LogP contribution in [0.4, 0.5) is 0 Å². The molecule has 4 atom stereocenters. The standard InChI is InChI=1S/C27H31NO4S/c28-16-19-6-12-23(13-7-19)27-31-24(18-33-15-14-29)25(21-4-2-1-3-5-21)26(32-27)22-10-8-20(17-30)9-11-22/h1-13,24-27,29-30H,14-18,28H2/t24-,25-,26+,27?/m1/s1. The number of aliphatic hydroxyl groups is 2. The number of ether oxygens (including phenoxy) is 2. The fourth-order valence-electron chi connectivity index (χ4n) is 4.23. The molecule has 0 amide bonds. The van der Waals surface area contributed by atoms with Gasteiger partial charge in [-0.2, -0.15) is 11.8 Å². The molecular weight excluding hydrogens is 434 g/mol. The Morgan fingerprint density at radius 2 is 1.42 bits per heavy atom. The van der Waals surface area contributed by atoms with E-state index in [-0.39, 0.29) is 31.3 Å². The van der Waals surface area contributed by atoms with E-state index < -0.39 is 6.29 Å². The van der Waals surface area contributed by atoms with Gasteiger partial charge in [0.1, 0.15) is 0 Å². The summed E-state index contributed by atoms with van der Waals surface area (Å²) in [5.41, 5.74) is 10.8. The van der Waals surface area contributed by atoms with Gasteiger partial charge in [0.15, 0.2) is 6.29 Å². The maximum absolute atomic E-state index is 9.48. The zero-order valence-corrected chi connectivity index (χ0v) is 19.4. The van der Waals surface area contributed by atoms with Crippen molar-refractivity contribution >= 4 is 11.8 Å². The number of hydrogen-bond donors (Lipinski definition) is 3. The van der Waals surface area contributed by atoms with Gasteiger partial charge in [-0.15, -0.1) is 0 Å². The molecule has 1 saturated heterocycles. The maximum atomic E-state index is 9.48. The summed E-state index contributed by atoms with van der Waals surface area (Å²) >= 11 is 1.68. The molecule has 0 aromatic heterocycles. The fraction of sp³-hybridized carbons (Fsp3) is 0.333. The Morgan fingerprint density at radius 1 is 0.758 bits per heavy atom. The maximum Gasteiger partial charge on any atom is 0.184 e. The van der Waals surface area contributed by atoms with Gasteiger partial charge in [-0.25, -0.2) is 0 Å². The number of thioether (sulfide) groups is 1. The van der Waals surface area contributed by atoms with Crippen LogP contribution >= 0.6 is 11.8 Å². The average molecular weight is 466 g/mol. The first-order chi connectivity index (χ1) is 16.2. The zero-order valence-electron chi connectivity index (χ0n) is 18.5. The molecule has 6 heteroatoms. The van der Waals surface area contributed by atoms with E-state index in [1.165, 1.54) is 0 Å². The molecule has 4 rings (SSSR count). The second-order valence-corrected chi connectivity index (χ2v) is 9.29. The van der Waals surface area contributed by atoms with E-state index in [1.54, 1.807) is 11.8 Å². The minimum absolute atomic E-state index is 0.00751. The van der Waals surface area contributed by atoms with E-state index >= 15 is 0 Å². The lowest BCUT2D eigenvalue weighted by Crippen LogP contribution is -2.38. The van der Waals surface area contributed by atoms with Gasteiger partial charge in [-0.05, 0) is 22.3 Å². The summed E-state index contributed by atoms with van der Waals surface area (Å²) in [5, 5.41) is 18.8. The Kier molecular flexibility index (Phi) is 8.56. The summed E-state index contributed by atoms with van der Waals surface area (Å²) in [6.07, 6.45) is -0.855. The lowest BCUT2D eigenvalue weighted by Gasteiger charge is -2.43. The number of nitrogens with two attached hydrogens (primary N) is 1. The monoisotopic (exact) mass is 465 g/mol. The molecule has 33 heavy (non-hydrogen) atoms. The van der Waals surface area contributed by atoms with Crippen molar-refractivity contribution in [1.29, 1.82) is 0 Å². The van der Waals surface area contributed by atoms with Crippen LogP contribution in [0.3, 0.4) is 0 Å². The van der Waals surface area contributed by atoms with Crippen molar-refractivity contribution in [2.45, 2.75) is 37.6 Å². The first-order valence-corrected chi connectivity index (χ1v) is 12.4. The van der Waals surface area contributed by atoms with E-state index in [1.807, 2.05) is 66.7 Å². The summed E-state index contributed by atoms with van der Waals surface area (Å²) in [6, 6.07) is 26.3. The molecule has 0 radical (unpaired) electrons. The molecule has 3 aromatic carbocycles. The molecule has 1 unspecified atom stereocenters. The highest BCUT2D eigenvalue weighted by Crippen LogP contribution is 2.47. The SMILES string of the molecule is NCc1ccc(C2O[C@H](CSCCO)[C@@H](c3ccccc3)[C@H](c3ccc(CO)cc3)O2)cc1. The number of rotatable bonds is 9. The van der Waals surface area contributed by atoms with Crippen LogP contribution in [-0.2, 0) is 22.6 Å². The minimum atomic E-state index is -0.515. The largest absolute Gasteiger partial charge is 0.396 e. The van der Waals surface area contributed by atoms with Gasteiger partial charge in [0, 0.05) is 29.5 Å². The summed E-state index contributed by atoms with van der Waals surface area (Å²) in [4.78, 5) is 0. The minimum Gasteiger partial charge on any atom is -0.396 e. The molecular formula is C27H31NO4S. The molecule has 1 heterocycles. The molecule has 0 bridgehead atoms. The third-order valence-corrected chi connectivity index (χ3v) is 7.01. The number of hydrogen-bond acceptors (Lipinski definition) is 6. The molecule has 0 spiro atoms. The summed E-state index contributed by atoms with van der Waals surface area (Å²) in [7, 11) is 0. The second kappa shape index (κ2) is 11.8. The van der Waals surface area contributed by atoms with Gasteiger partial charge in [-0.1, -0.05) is 78.9 Å². The predicted octanol–water partition coefficient (Wildman–Crippen LogP) is 4.30. The molecule has 174 valence electrons. The van der Waals surface area contributed by atoms with Crippen molar-refractivity contribution in [3.63, 3.8) is 0 Å². The van der Waals surface area contributed by atoms with Crippen LogP contribution < -0.4 is 5.73 Å². The second-order valence-electron chi connectivity index (χ2n) is 8.14. The van der Waals surface area contributed by atoms with Crippen molar-refractivity contribution < 1.29 is 19.7 Å². The van der Waals surface area contributed by atoms with Crippen molar-refractivity contribution in [3.8, 4) is 0 Å². The van der Waals surface area contributed by atoms with Crippen LogP contribution in [-0.4, -0.2) is 34.4 Å². The lowest BCUT2D eigenvalue weighted by molar-refractivity contribution is -0.255. The Morgan fingerprint density at radius 3 is 2.06 bits per heavy atom. The molecule has 3 aromatic rings. The van der Waals surface area contributed by atoms with Gasteiger partial charge in [0.05, 0.1) is 25.4 Å². The first-order valence-electron chi connectivity index (χ1n) is 11.3. The Bertz CT molecular complexity index is 981. The lowest BCUT2D eigenvalue weighted by atomic mass is 9.84. The third kappa shape index (κ3) is 5.84. The van der Waals surface area contributed by atoms with E-state index in [2.05, 4.69) is 12.1 Å². The zero-order chi connectivity index (χ0) is 23.0. The van der Waals surface area contributed by atoms with Gasteiger partial charge < -0.3 is 25.4 Å². The third-order valence-electron chi connectivity index (χ3n) is 5.98. The van der Waals surface area contributed by atoms with Crippen LogP contribution in [0.1, 0.15) is 46.1 Å². The molecule has 5 nitrogen and oxygen atoms in total. The van der Waals surface area contributed by atoms with Gasteiger partial charge in [0.25, 0.3) is 0 Å². The normalized spacial score (nSPS) is 22.9. The van der Waals surface area contributed by atoms with Gasteiger partial charge in [0.2, 0.25) is 0 Å². The molecule has 4 N–H and O–H groups in total. The molecule has 0 aliphatic carbocycles. The Labute approximate surface area is 199 Å². The van der Waals surface area contributed by atoms with Crippen LogP contribution in [0.5, 0.6) is 0 Å². The summed E-state index contributed by atoms with van der Waals surface area (Å²) < 4.78 is 13.2. The quantitative estimate of drug-likeness (QED) is 0.409. The smallest absolute Gasteiger partial charge is 0.184 e. The van der Waals surface area contributed by atoms with E-state index in [0.717, 1.165) is 33.6 Å². The fourth-order valence-corrected chi connectivity index (χ4v) is 5.04. The molecule has 0 saturated carbocycles. The first kappa shape index (κ1) is 24.0. The number of benzene rings is 3. The van der Waals surface area contributed by atoms with E-state index in [4.69, 9.17) is 15.2 Å². The molecule has 1 aliphatic heterocycles. The van der Waals surface area contributed by atoms with E-state index in [0.29, 0.717) is 12.3 Å². The summed E-state index contributed by atoms with van der Waals surface area (Å²) in [5.74, 6) is 1.39. The van der Waals surface area contributed by atoms with Crippen LogP contribution in [0.2, 0.25) is 0 Å². The highest BCUT2D eigenvalue weighted by Gasteiger charge is 2.41. The van der Waals surface area contributed by atoms with Crippen LogP contribution in [0.25, 0.3) is 0 Å². The Balaban J connectivity index is 1.72. The van der Waals surface area contributed by atoms with Crippen molar-refractivity contribution in [1.82, 2.24) is 0 Å². The molecule has 1 fully saturated rings. The van der Waals surface area contributed by atoms with Crippen molar-refractivity contribution in [3.05, 3.63) is 107 Å². The van der Waals surface area contributed by atoms with Gasteiger partial charge in [-0.3, -0.25) is 0 Å². The van der Waals surface area contributed by atoms with Crippen LogP contribution in [0.15, 0.2) is 78.9 Å². The highest BCUT2D eigenvalue weighted by molar-refractivity contribution is 7.99. The van der Waals surface area contributed by atoms with Crippen LogP contribution in [0, 0.1) is 0 Å². The van der Waals surface area contributed by atoms with E-state index in [9.17, 15) is 10.2 Å². The van der Waals surface area contributed by atoms with Crippen molar-refractivity contribution in [2.75, 3.05) is 18.1 Å². The predicted molar refractivity (Wildman–Crippen MR) is 132 cm³/mol. The average Bonchev–Trinajstić information content (AvgIpc) is 2.89.